The van der Waals surface area contributed by atoms with E-state index in [4.69, 9.17) is 0 Å². The summed E-state index contributed by atoms with van der Waals surface area (Å²) in [6, 6.07) is 20.3. The third kappa shape index (κ3) is 4.97. The second-order valence-corrected chi connectivity index (χ2v) is 7.68. The van der Waals surface area contributed by atoms with Crippen LogP contribution in [0.2, 0.25) is 0 Å². The monoisotopic (exact) mass is 417 g/mol. The zero-order chi connectivity index (χ0) is 21.6. The number of nitrogens with one attached hydrogen (secondary N) is 1. The van der Waals surface area contributed by atoms with Crippen LogP contribution in [0.25, 0.3) is 0 Å². The summed E-state index contributed by atoms with van der Waals surface area (Å²) >= 11 is 0. The Kier molecular flexibility index (Phi) is 6.36. The van der Waals surface area contributed by atoms with Gasteiger partial charge in [0.15, 0.2) is 0 Å². The van der Waals surface area contributed by atoms with Gasteiger partial charge in [-0.2, -0.15) is 0 Å². The number of aromatic nitrogens is 1. The molecule has 31 heavy (non-hydrogen) atoms. The summed E-state index contributed by atoms with van der Waals surface area (Å²) in [4.78, 5) is 31.9. The number of piperidine rings is 1. The molecule has 2 amide bonds. The fourth-order valence-electron chi connectivity index (χ4n) is 3.90. The molecule has 1 aliphatic rings. The van der Waals surface area contributed by atoms with Crippen molar-refractivity contribution in [1.29, 1.82) is 0 Å². The van der Waals surface area contributed by atoms with Gasteiger partial charge < -0.3 is 10.2 Å². The molecule has 6 heteroatoms. The highest BCUT2D eigenvalue weighted by Crippen LogP contribution is 2.24. The molecule has 0 spiro atoms. The maximum atomic E-state index is 13.4. The van der Waals surface area contributed by atoms with Gasteiger partial charge >= 0.3 is 0 Å². The van der Waals surface area contributed by atoms with Crippen molar-refractivity contribution < 1.29 is 14.0 Å². The summed E-state index contributed by atoms with van der Waals surface area (Å²) in [6.07, 6.45) is 2.87. The summed E-state index contributed by atoms with van der Waals surface area (Å²) < 4.78 is 13.4. The van der Waals surface area contributed by atoms with Crippen molar-refractivity contribution in [3.8, 4) is 0 Å². The second kappa shape index (κ2) is 9.51. The molecular weight excluding hydrogens is 393 g/mol. The lowest BCUT2D eigenvalue weighted by Crippen LogP contribution is -2.44. The predicted octanol–water partition coefficient (Wildman–Crippen LogP) is 3.98. The smallest absolute Gasteiger partial charge is 0.253 e. The van der Waals surface area contributed by atoms with Crippen LogP contribution in [0.3, 0.4) is 0 Å². The Hall–Kier alpha value is -3.54. The molecule has 0 aliphatic carbocycles. The number of nitrogens with zero attached hydrogens (tertiary/aromatic N) is 2. The highest BCUT2D eigenvalue weighted by molar-refractivity contribution is 5.94. The largest absolute Gasteiger partial charge is 0.343 e. The standard InChI is InChI=1S/C25H24FN3O2/c26-21-11-9-18(10-12-21)23(22-8-4-5-15-27-22)28-24(30)19-13-16-29(17-14-19)25(31)20-6-2-1-3-7-20/h1-12,15,19,23H,13-14,16-17H2,(H,28,30). The molecule has 1 unspecified atom stereocenters. The van der Waals surface area contributed by atoms with Crippen molar-refractivity contribution in [2.75, 3.05) is 13.1 Å². The van der Waals surface area contributed by atoms with E-state index in [2.05, 4.69) is 10.3 Å². The van der Waals surface area contributed by atoms with E-state index in [9.17, 15) is 14.0 Å². The number of hydrogen-bond donors (Lipinski definition) is 1. The Bertz CT molecular complexity index is 1020. The molecule has 4 rings (SSSR count). The minimum Gasteiger partial charge on any atom is -0.343 e. The van der Waals surface area contributed by atoms with Crippen molar-refractivity contribution in [2.45, 2.75) is 18.9 Å². The van der Waals surface area contributed by atoms with E-state index in [-0.39, 0.29) is 23.5 Å². The summed E-state index contributed by atoms with van der Waals surface area (Å²) in [5.41, 5.74) is 2.13. The molecule has 158 valence electrons. The van der Waals surface area contributed by atoms with Gasteiger partial charge in [-0.15, -0.1) is 0 Å². The normalized spacial score (nSPS) is 15.3. The average Bonchev–Trinajstić information content (AvgIpc) is 2.84. The highest BCUT2D eigenvalue weighted by atomic mass is 19.1. The van der Waals surface area contributed by atoms with Gasteiger partial charge in [-0.05, 0) is 54.8 Å². The number of rotatable bonds is 5. The fraction of sp³-hybridized carbons (Fsp3) is 0.240. The topological polar surface area (TPSA) is 62.3 Å². The van der Waals surface area contributed by atoms with Crippen LogP contribution >= 0.6 is 0 Å². The van der Waals surface area contributed by atoms with Gasteiger partial charge in [0.05, 0.1) is 11.7 Å². The van der Waals surface area contributed by atoms with E-state index in [1.807, 2.05) is 36.4 Å². The maximum absolute atomic E-state index is 13.4. The number of amides is 2. The van der Waals surface area contributed by atoms with Crippen LogP contribution in [-0.4, -0.2) is 34.8 Å². The first-order valence-electron chi connectivity index (χ1n) is 10.4. The summed E-state index contributed by atoms with van der Waals surface area (Å²) in [7, 11) is 0. The SMILES string of the molecule is O=C(NC(c1ccc(F)cc1)c1ccccn1)C1CCN(C(=O)c2ccccc2)CC1. The number of halogens is 1. The number of benzene rings is 2. The van der Waals surface area contributed by atoms with Gasteiger partial charge in [-0.1, -0.05) is 36.4 Å². The van der Waals surface area contributed by atoms with Crippen LogP contribution < -0.4 is 5.32 Å². The van der Waals surface area contributed by atoms with Crippen LogP contribution in [0.5, 0.6) is 0 Å². The van der Waals surface area contributed by atoms with Crippen LogP contribution in [0.15, 0.2) is 79.0 Å². The molecule has 2 heterocycles. The lowest BCUT2D eigenvalue weighted by Gasteiger charge is -2.32. The van der Waals surface area contributed by atoms with Crippen molar-refractivity contribution in [3.05, 3.63) is 102 Å². The van der Waals surface area contributed by atoms with Gasteiger partial charge in [0.2, 0.25) is 5.91 Å². The van der Waals surface area contributed by atoms with E-state index < -0.39 is 6.04 Å². The molecular formula is C25H24FN3O2. The first kappa shape index (κ1) is 20.7. The van der Waals surface area contributed by atoms with Crippen molar-refractivity contribution in [2.24, 2.45) is 5.92 Å². The lowest BCUT2D eigenvalue weighted by molar-refractivity contribution is -0.126. The molecule has 1 atom stereocenters. The van der Waals surface area contributed by atoms with Gasteiger partial charge in [0.1, 0.15) is 5.82 Å². The lowest BCUT2D eigenvalue weighted by atomic mass is 9.94. The summed E-state index contributed by atoms with van der Waals surface area (Å²) in [5.74, 6) is -0.597. The molecule has 0 radical (unpaired) electrons. The molecule has 1 aromatic heterocycles. The number of pyridine rings is 1. The molecule has 1 aliphatic heterocycles. The average molecular weight is 417 g/mol. The zero-order valence-corrected chi connectivity index (χ0v) is 17.1. The summed E-state index contributed by atoms with van der Waals surface area (Å²) in [6.45, 7) is 1.08. The van der Waals surface area contributed by atoms with Crippen LogP contribution in [0.4, 0.5) is 4.39 Å². The fourth-order valence-corrected chi connectivity index (χ4v) is 3.90. The Morgan fingerprint density at radius 1 is 0.935 bits per heavy atom. The first-order chi connectivity index (χ1) is 15.1. The first-order valence-corrected chi connectivity index (χ1v) is 10.4. The molecule has 3 aromatic rings. The van der Waals surface area contributed by atoms with E-state index in [0.717, 1.165) is 5.56 Å². The van der Waals surface area contributed by atoms with E-state index in [1.165, 1.54) is 12.1 Å². The molecule has 1 N–H and O–H groups in total. The molecule has 0 bridgehead atoms. The molecule has 1 saturated heterocycles. The minimum absolute atomic E-state index is 0.00266. The van der Waals surface area contributed by atoms with Gasteiger partial charge in [0, 0.05) is 30.8 Å². The molecule has 0 saturated carbocycles. The van der Waals surface area contributed by atoms with Crippen molar-refractivity contribution >= 4 is 11.8 Å². The van der Waals surface area contributed by atoms with Gasteiger partial charge in [-0.3, -0.25) is 14.6 Å². The molecule has 1 fully saturated rings. The Balaban J connectivity index is 1.42. The highest BCUT2D eigenvalue weighted by Gasteiger charge is 2.29. The predicted molar refractivity (Wildman–Crippen MR) is 116 cm³/mol. The number of hydrogen-bond acceptors (Lipinski definition) is 3. The number of likely N-dealkylation sites (tertiary alicyclic amines) is 1. The third-order valence-corrected chi connectivity index (χ3v) is 5.65. The van der Waals surface area contributed by atoms with E-state index >= 15 is 0 Å². The van der Waals surface area contributed by atoms with Crippen LogP contribution in [0.1, 0.15) is 40.5 Å². The van der Waals surface area contributed by atoms with Crippen molar-refractivity contribution in [1.82, 2.24) is 15.2 Å². The third-order valence-electron chi connectivity index (χ3n) is 5.65. The molecule has 5 nitrogen and oxygen atoms in total. The second-order valence-electron chi connectivity index (χ2n) is 7.68. The van der Waals surface area contributed by atoms with Gasteiger partial charge in [-0.25, -0.2) is 4.39 Å². The minimum atomic E-state index is -0.460. The van der Waals surface area contributed by atoms with E-state index in [1.54, 1.807) is 35.4 Å². The van der Waals surface area contributed by atoms with E-state index in [0.29, 0.717) is 37.2 Å². The van der Waals surface area contributed by atoms with Crippen LogP contribution in [-0.2, 0) is 4.79 Å². The Morgan fingerprint density at radius 2 is 1.61 bits per heavy atom. The Labute approximate surface area is 180 Å². The number of carbonyl (C=O) groups is 2. The quantitative estimate of drug-likeness (QED) is 0.683. The maximum Gasteiger partial charge on any atom is 0.253 e. The summed E-state index contributed by atoms with van der Waals surface area (Å²) in [5, 5.41) is 3.09. The Morgan fingerprint density at radius 3 is 2.26 bits per heavy atom. The van der Waals surface area contributed by atoms with Gasteiger partial charge in [0.25, 0.3) is 5.91 Å². The zero-order valence-electron chi connectivity index (χ0n) is 17.1. The van der Waals surface area contributed by atoms with Crippen molar-refractivity contribution in [3.63, 3.8) is 0 Å². The number of carbonyl (C=O) groups excluding carboxylic acids is 2. The van der Waals surface area contributed by atoms with Crippen LogP contribution in [0, 0.1) is 11.7 Å². The molecule has 2 aromatic carbocycles.